The number of nitrogens with one attached hydrogen (secondary N) is 1. The summed E-state index contributed by atoms with van der Waals surface area (Å²) in [6.07, 6.45) is 4.61. The van der Waals surface area contributed by atoms with E-state index in [0.717, 1.165) is 47.6 Å². The zero-order valence-corrected chi connectivity index (χ0v) is 25.3. The lowest BCUT2D eigenvalue weighted by molar-refractivity contribution is -0.0189. The van der Waals surface area contributed by atoms with Gasteiger partial charge in [-0.15, -0.1) is 11.3 Å². The minimum atomic E-state index is -0.254. The van der Waals surface area contributed by atoms with Crippen molar-refractivity contribution in [2.75, 3.05) is 55.0 Å². The number of benzene rings is 2. The monoisotopic (exact) mass is 607 g/mol. The van der Waals surface area contributed by atoms with Gasteiger partial charge in [0.2, 0.25) is 0 Å². The van der Waals surface area contributed by atoms with Crippen LogP contribution in [0.4, 0.5) is 17.2 Å². The molecule has 0 aliphatic carbocycles. The molecule has 2 fully saturated rings. The molecule has 0 bridgehead atoms. The number of ether oxygens (including phenoxy) is 1. The summed E-state index contributed by atoms with van der Waals surface area (Å²) < 4.78 is 5.33. The van der Waals surface area contributed by atoms with Gasteiger partial charge < -0.3 is 24.8 Å². The molecule has 224 valence electrons. The summed E-state index contributed by atoms with van der Waals surface area (Å²) in [4.78, 5) is 52.5. The summed E-state index contributed by atoms with van der Waals surface area (Å²) in [5, 5.41) is 2.99. The molecular weight excluding hydrogens is 574 g/mol. The predicted molar refractivity (Wildman–Crippen MR) is 172 cm³/mol. The van der Waals surface area contributed by atoms with Gasteiger partial charge in [-0.05, 0) is 67.3 Å². The topological polar surface area (TPSA) is 95.1 Å². The maximum atomic E-state index is 14.0. The Morgan fingerprint density at radius 2 is 1.75 bits per heavy atom. The number of methoxy groups -OCH3 is 1. The lowest BCUT2D eigenvalue weighted by atomic mass is 10.1. The van der Waals surface area contributed by atoms with E-state index in [4.69, 9.17) is 4.74 Å². The van der Waals surface area contributed by atoms with Crippen molar-refractivity contribution in [3.8, 4) is 10.4 Å². The van der Waals surface area contributed by atoms with Crippen molar-refractivity contribution in [3.63, 3.8) is 0 Å². The number of thiophene rings is 1. The second-order valence-corrected chi connectivity index (χ2v) is 12.4. The van der Waals surface area contributed by atoms with Crippen molar-refractivity contribution in [1.29, 1.82) is 0 Å². The Hall–Kier alpha value is -4.54. The molecule has 0 radical (unpaired) electrons. The third kappa shape index (κ3) is 5.24. The van der Waals surface area contributed by atoms with Gasteiger partial charge in [-0.25, -0.2) is 4.98 Å². The number of carbonyl (C=O) groups excluding carboxylic acids is 3. The second kappa shape index (κ2) is 11.9. The number of hydrogen-bond donors (Lipinski definition) is 1. The normalized spacial score (nSPS) is 16.2. The third-order valence-electron chi connectivity index (χ3n) is 8.58. The van der Waals surface area contributed by atoms with Gasteiger partial charge in [-0.3, -0.25) is 14.4 Å². The van der Waals surface area contributed by atoms with Gasteiger partial charge in [-0.1, -0.05) is 24.3 Å². The Labute approximate surface area is 260 Å². The molecule has 3 aliphatic rings. The number of amides is 3. The summed E-state index contributed by atoms with van der Waals surface area (Å²) in [5.74, 6) is 0.317. The highest BCUT2D eigenvalue weighted by atomic mass is 32.1. The number of aromatic nitrogens is 1. The van der Waals surface area contributed by atoms with Gasteiger partial charge in [-0.2, -0.15) is 0 Å². The fourth-order valence-corrected chi connectivity index (χ4v) is 7.37. The zero-order valence-electron chi connectivity index (χ0n) is 24.5. The van der Waals surface area contributed by atoms with Crippen LogP contribution in [0.3, 0.4) is 0 Å². The minimum Gasteiger partial charge on any atom is -0.378 e. The molecule has 3 aliphatic heterocycles. The van der Waals surface area contributed by atoms with Gasteiger partial charge in [0, 0.05) is 67.7 Å². The Morgan fingerprint density at radius 1 is 0.932 bits per heavy atom. The van der Waals surface area contributed by atoms with Crippen molar-refractivity contribution in [2.45, 2.75) is 25.4 Å². The summed E-state index contributed by atoms with van der Waals surface area (Å²) >= 11 is 1.49. The lowest BCUT2D eigenvalue weighted by Gasteiger charge is -2.37. The highest BCUT2D eigenvalue weighted by Gasteiger charge is 2.34. The molecule has 0 saturated carbocycles. The van der Waals surface area contributed by atoms with E-state index in [9.17, 15) is 14.4 Å². The molecule has 2 aromatic heterocycles. The van der Waals surface area contributed by atoms with Gasteiger partial charge in [0.05, 0.1) is 22.2 Å². The summed E-state index contributed by atoms with van der Waals surface area (Å²) in [6.45, 7) is 3.45. The van der Waals surface area contributed by atoms with Gasteiger partial charge in [0.15, 0.2) is 0 Å². The fraction of sp³-hybridized carbons (Fsp3) is 0.294. The molecule has 3 amide bonds. The smallest absolute Gasteiger partial charge is 0.264 e. The molecule has 5 heterocycles. The number of anilines is 3. The van der Waals surface area contributed by atoms with Crippen LogP contribution in [0.15, 0.2) is 72.9 Å². The van der Waals surface area contributed by atoms with E-state index in [1.807, 2.05) is 35.2 Å². The predicted octanol–water partition coefficient (Wildman–Crippen LogP) is 5.34. The SMILES string of the molecule is COC1CN(C(=O)c2cc3c(s2)-c2ccccc2N(C(=O)c2cccc(NC(=O)c4cccnc4N4CCCC4)c2)CC3)C1. The van der Waals surface area contributed by atoms with E-state index in [-0.39, 0.29) is 23.8 Å². The molecule has 9 nitrogen and oxygen atoms in total. The van der Waals surface area contributed by atoms with Gasteiger partial charge in [0.1, 0.15) is 5.82 Å². The van der Waals surface area contributed by atoms with Crippen LogP contribution in [-0.4, -0.2) is 73.5 Å². The number of fused-ring (bicyclic) bond motifs is 3. The van der Waals surface area contributed by atoms with E-state index in [1.54, 1.807) is 54.6 Å². The molecule has 10 heteroatoms. The number of hydrogen-bond acceptors (Lipinski definition) is 7. The lowest BCUT2D eigenvalue weighted by Crippen LogP contribution is -2.54. The highest BCUT2D eigenvalue weighted by Crippen LogP contribution is 2.42. The van der Waals surface area contributed by atoms with Crippen molar-refractivity contribution in [3.05, 3.63) is 94.5 Å². The first-order valence-corrected chi connectivity index (χ1v) is 15.8. The van der Waals surface area contributed by atoms with Crippen LogP contribution in [0.2, 0.25) is 0 Å². The van der Waals surface area contributed by atoms with Crippen LogP contribution in [0.5, 0.6) is 0 Å². The number of likely N-dealkylation sites (tertiary alicyclic amines) is 1. The molecule has 0 unspecified atom stereocenters. The van der Waals surface area contributed by atoms with Crippen LogP contribution in [0.25, 0.3) is 10.4 Å². The number of rotatable bonds is 6. The van der Waals surface area contributed by atoms with Crippen LogP contribution < -0.4 is 15.1 Å². The summed E-state index contributed by atoms with van der Waals surface area (Å²) in [6, 6.07) is 20.5. The Balaban J connectivity index is 1.12. The van der Waals surface area contributed by atoms with Crippen LogP contribution in [0, 0.1) is 0 Å². The van der Waals surface area contributed by atoms with E-state index in [1.165, 1.54) is 11.3 Å². The number of nitrogens with zero attached hydrogens (tertiary/aromatic N) is 4. The molecule has 0 atom stereocenters. The maximum Gasteiger partial charge on any atom is 0.264 e. The average Bonchev–Trinajstić information content (AvgIpc) is 3.69. The highest BCUT2D eigenvalue weighted by molar-refractivity contribution is 7.17. The van der Waals surface area contributed by atoms with Crippen molar-refractivity contribution >= 4 is 46.3 Å². The fourth-order valence-electron chi connectivity index (χ4n) is 6.16. The first-order chi connectivity index (χ1) is 21.5. The van der Waals surface area contributed by atoms with Crippen LogP contribution in [-0.2, 0) is 11.2 Å². The zero-order chi connectivity index (χ0) is 30.2. The number of pyridine rings is 1. The maximum absolute atomic E-state index is 14.0. The molecular formula is C34H33N5O4S. The summed E-state index contributed by atoms with van der Waals surface area (Å²) in [5.41, 5.74) is 4.35. The van der Waals surface area contributed by atoms with Crippen molar-refractivity contribution in [2.24, 2.45) is 0 Å². The molecule has 1 N–H and O–H groups in total. The number of para-hydroxylation sites is 1. The first kappa shape index (κ1) is 28.2. The third-order valence-corrected chi connectivity index (χ3v) is 9.78. The summed E-state index contributed by atoms with van der Waals surface area (Å²) in [7, 11) is 1.67. The Morgan fingerprint density at radius 3 is 2.57 bits per heavy atom. The molecule has 7 rings (SSSR count). The molecule has 2 saturated heterocycles. The van der Waals surface area contributed by atoms with Crippen LogP contribution in [0.1, 0.15) is 48.8 Å². The van der Waals surface area contributed by atoms with E-state index in [0.29, 0.717) is 53.6 Å². The van der Waals surface area contributed by atoms with Crippen molar-refractivity contribution < 1.29 is 19.1 Å². The molecule has 2 aromatic carbocycles. The number of carbonyl (C=O) groups is 3. The quantitative estimate of drug-likeness (QED) is 0.318. The second-order valence-electron chi connectivity index (χ2n) is 11.4. The first-order valence-electron chi connectivity index (χ1n) is 15.0. The van der Waals surface area contributed by atoms with Gasteiger partial charge >= 0.3 is 0 Å². The van der Waals surface area contributed by atoms with E-state index >= 15 is 0 Å². The standard InChI is InChI=1S/C34H33N5O4S/c1-43-25-20-38(21-25)34(42)29-19-22-13-17-39(28-12-3-2-10-26(28)30(22)44-29)33(41)23-8-6-9-24(18-23)36-32(40)27-11-7-14-35-31(27)37-15-4-5-16-37/h2-3,6-12,14,18-19,25H,4-5,13,15-17,20-21H2,1H3,(H,36,40). The van der Waals surface area contributed by atoms with Gasteiger partial charge in [0.25, 0.3) is 17.7 Å². The molecule has 4 aromatic rings. The average molecular weight is 608 g/mol. The molecule has 0 spiro atoms. The van der Waals surface area contributed by atoms with Crippen LogP contribution >= 0.6 is 11.3 Å². The Bertz CT molecular complexity index is 1740. The van der Waals surface area contributed by atoms with Crippen molar-refractivity contribution in [1.82, 2.24) is 9.88 Å². The Kier molecular flexibility index (Phi) is 7.61. The largest absolute Gasteiger partial charge is 0.378 e. The minimum absolute atomic E-state index is 0.0273. The van der Waals surface area contributed by atoms with E-state index in [2.05, 4.69) is 15.2 Å². The molecule has 44 heavy (non-hydrogen) atoms. The van der Waals surface area contributed by atoms with E-state index < -0.39 is 0 Å².